The number of nitrogens with one attached hydrogen (secondary N) is 1. The van der Waals surface area contributed by atoms with E-state index in [0.29, 0.717) is 32.7 Å². The van der Waals surface area contributed by atoms with Crippen molar-refractivity contribution in [2.24, 2.45) is 0 Å². The van der Waals surface area contributed by atoms with Crippen molar-refractivity contribution >= 4 is 12.0 Å². The molecule has 0 spiro atoms. The van der Waals surface area contributed by atoms with Gasteiger partial charge in [0.05, 0.1) is 13.0 Å². The largest absolute Gasteiger partial charge is 0.450 e. The minimum absolute atomic E-state index is 0.0623. The molecule has 5 nitrogen and oxygen atoms in total. The molecule has 0 saturated carbocycles. The zero-order valence-electron chi connectivity index (χ0n) is 14.3. The molecule has 1 aromatic carbocycles. The quantitative estimate of drug-likeness (QED) is 0.618. The topological polar surface area (TPSA) is 58.6 Å². The number of hydrogen-bond donors (Lipinski definition) is 1. The van der Waals surface area contributed by atoms with Crippen LogP contribution in [0.1, 0.15) is 31.7 Å². The second-order valence-electron chi connectivity index (χ2n) is 5.87. The first-order valence-corrected chi connectivity index (χ1v) is 8.59. The molecule has 0 radical (unpaired) electrons. The highest BCUT2D eigenvalue weighted by molar-refractivity contribution is 5.78. The lowest BCUT2D eigenvalue weighted by molar-refractivity contribution is -0.120. The molecule has 24 heavy (non-hydrogen) atoms. The molecule has 0 saturated heterocycles. The fraction of sp³-hybridized carbons (Fsp3) is 0.474. The van der Waals surface area contributed by atoms with Crippen LogP contribution in [0.5, 0.6) is 0 Å². The summed E-state index contributed by atoms with van der Waals surface area (Å²) in [5.41, 5.74) is 2.39. The van der Waals surface area contributed by atoms with Crippen molar-refractivity contribution in [2.45, 2.75) is 32.6 Å². The fourth-order valence-electron chi connectivity index (χ4n) is 2.71. The molecular weight excluding hydrogens is 304 g/mol. The Morgan fingerprint density at radius 2 is 2.04 bits per heavy atom. The van der Waals surface area contributed by atoms with E-state index in [-0.39, 0.29) is 12.0 Å². The minimum atomic E-state index is -0.235. The smallest absolute Gasteiger partial charge is 0.410 e. The van der Waals surface area contributed by atoms with E-state index in [1.165, 1.54) is 5.57 Å². The monoisotopic (exact) mass is 330 g/mol. The molecule has 1 heterocycles. The van der Waals surface area contributed by atoms with Crippen LogP contribution >= 0.6 is 0 Å². The zero-order valence-corrected chi connectivity index (χ0v) is 14.3. The van der Waals surface area contributed by atoms with Crippen LogP contribution in [0.3, 0.4) is 0 Å². The van der Waals surface area contributed by atoms with Crippen molar-refractivity contribution in [1.29, 1.82) is 0 Å². The first-order valence-electron chi connectivity index (χ1n) is 8.59. The van der Waals surface area contributed by atoms with Gasteiger partial charge in [0, 0.05) is 19.6 Å². The molecule has 2 rings (SSSR count). The third kappa shape index (κ3) is 6.07. The van der Waals surface area contributed by atoms with Gasteiger partial charge in [0.25, 0.3) is 0 Å². The Balaban J connectivity index is 1.61. The molecular formula is C19H26N2O3. The van der Waals surface area contributed by atoms with Gasteiger partial charge in [-0.15, -0.1) is 0 Å². The van der Waals surface area contributed by atoms with Gasteiger partial charge in [-0.2, -0.15) is 0 Å². The first kappa shape index (κ1) is 18.0. The van der Waals surface area contributed by atoms with E-state index in [2.05, 4.69) is 11.4 Å². The van der Waals surface area contributed by atoms with E-state index in [0.717, 1.165) is 24.8 Å². The number of carbonyl (C=O) groups excluding carboxylic acids is 2. The van der Waals surface area contributed by atoms with Crippen LogP contribution in [0.25, 0.3) is 0 Å². The summed E-state index contributed by atoms with van der Waals surface area (Å²) in [4.78, 5) is 25.2. The van der Waals surface area contributed by atoms with Crippen LogP contribution in [0.4, 0.5) is 4.79 Å². The molecule has 0 unspecified atom stereocenters. The van der Waals surface area contributed by atoms with Crippen LogP contribution in [0.2, 0.25) is 0 Å². The third-order valence-corrected chi connectivity index (χ3v) is 4.03. The fourth-order valence-corrected chi connectivity index (χ4v) is 2.71. The van der Waals surface area contributed by atoms with Crippen molar-refractivity contribution in [3.63, 3.8) is 0 Å². The SMILES string of the molecule is CCOC(=O)N1CC=C(CCCNC(=O)Cc2ccccc2)CC1. The number of amides is 2. The average molecular weight is 330 g/mol. The summed E-state index contributed by atoms with van der Waals surface area (Å²) < 4.78 is 5.00. The van der Waals surface area contributed by atoms with Gasteiger partial charge in [-0.05, 0) is 31.7 Å². The van der Waals surface area contributed by atoms with Crippen LogP contribution < -0.4 is 5.32 Å². The summed E-state index contributed by atoms with van der Waals surface area (Å²) >= 11 is 0. The molecule has 1 aliphatic heterocycles. The van der Waals surface area contributed by atoms with Crippen LogP contribution in [-0.4, -0.2) is 43.1 Å². The molecule has 0 aliphatic carbocycles. The van der Waals surface area contributed by atoms with Gasteiger partial charge in [-0.3, -0.25) is 4.79 Å². The third-order valence-electron chi connectivity index (χ3n) is 4.03. The van der Waals surface area contributed by atoms with Gasteiger partial charge in [0.15, 0.2) is 0 Å². The molecule has 1 aliphatic rings. The molecule has 0 aromatic heterocycles. The Morgan fingerprint density at radius 3 is 2.71 bits per heavy atom. The number of rotatable bonds is 7. The Labute approximate surface area is 143 Å². The molecule has 1 aromatic rings. The van der Waals surface area contributed by atoms with Crippen molar-refractivity contribution in [3.8, 4) is 0 Å². The number of hydrogen-bond acceptors (Lipinski definition) is 3. The van der Waals surface area contributed by atoms with Gasteiger partial charge in [0.1, 0.15) is 0 Å². The normalized spacial score (nSPS) is 14.0. The summed E-state index contributed by atoms with van der Waals surface area (Å²) in [7, 11) is 0. The maximum Gasteiger partial charge on any atom is 0.410 e. The minimum Gasteiger partial charge on any atom is -0.450 e. The van der Waals surface area contributed by atoms with Gasteiger partial charge < -0.3 is 15.0 Å². The summed E-state index contributed by atoms with van der Waals surface area (Å²) in [6, 6.07) is 9.75. The molecule has 130 valence electrons. The highest BCUT2D eigenvalue weighted by atomic mass is 16.6. The van der Waals surface area contributed by atoms with E-state index in [1.807, 2.05) is 37.3 Å². The maximum atomic E-state index is 11.9. The Kier molecular flexibility index (Phi) is 7.33. The molecule has 0 fully saturated rings. The van der Waals surface area contributed by atoms with Crippen LogP contribution in [-0.2, 0) is 16.0 Å². The zero-order chi connectivity index (χ0) is 17.2. The van der Waals surface area contributed by atoms with E-state index in [1.54, 1.807) is 4.90 Å². The summed E-state index contributed by atoms with van der Waals surface area (Å²) in [5.74, 6) is 0.0623. The Morgan fingerprint density at radius 1 is 1.25 bits per heavy atom. The lowest BCUT2D eigenvalue weighted by atomic mass is 10.0. The standard InChI is InChI=1S/C19H26N2O3/c1-2-24-19(23)21-13-10-16(11-14-21)9-6-12-20-18(22)15-17-7-4-3-5-8-17/h3-5,7-8,10H,2,6,9,11-15H2,1H3,(H,20,22). The van der Waals surface area contributed by atoms with Crippen LogP contribution in [0.15, 0.2) is 42.0 Å². The van der Waals surface area contributed by atoms with E-state index in [4.69, 9.17) is 4.74 Å². The average Bonchev–Trinajstić information content (AvgIpc) is 2.60. The lowest BCUT2D eigenvalue weighted by Crippen LogP contribution is -2.35. The highest BCUT2D eigenvalue weighted by Gasteiger charge is 2.17. The predicted molar refractivity (Wildman–Crippen MR) is 93.7 cm³/mol. The van der Waals surface area contributed by atoms with E-state index < -0.39 is 0 Å². The van der Waals surface area contributed by atoms with Crippen molar-refractivity contribution in [1.82, 2.24) is 10.2 Å². The second-order valence-corrected chi connectivity index (χ2v) is 5.87. The molecule has 2 amide bonds. The van der Waals surface area contributed by atoms with Gasteiger partial charge >= 0.3 is 6.09 Å². The second kappa shape index (κ2) is 9.75. The van der Waals surface area contributed by atoms with E-state index >= 15 is 0 Å². The van der Waals surface area contributed by atoms with Crippen molar-refractivity contribution in [2.75, 3.05) is 26.2 Å². The molecule has 0 bridgehead atoms. The Bertz CT molecular complexity index is 569. The molecule has 1 N–H and O–H groups in total. The number of ether oxygens (including phenoxy) is 1. The van der Waals surface area contributed by atoms with Crippen molar-refractivity contribution < 1.29 is 14.3 Å². The first-order chi connectivity index (χ1) is 11.7. The highest BCUT2D eigenvalue weighted by Crippen LogP contribution is 2.16. The maximum absolute atomic E-state index is 11.9. The van der Waals surface area contributed by atoms with Crippen LogP contribution in [0, 0.1) is 0 Å². The van der Waals surface area contributed by atoms with Gasteiger partial charge in [-0.1, -0.05) is 42.0 Å². The Hall–Kier alpha value is -2.30. The predicted octanol–water partition coefficient (Wildman–Crippen LogP) is 2.91. The molecule has 0 atom stereocenters. The summed E-state index contributed by atoms with van der Waals surface area (Å²) in [5, 5.41) is 2.96. The van der Waals surface area contributed by atoms with Gasteiger partial charge in [-0.25, -0.2) is 4.79 Å². The number of carbonyl (C=O) groups is 2. The summed E-state index contributed by atoms with van der Waals surface area (Å²) in [6.07, 6.45) is 5.07. The lowest BCUT2D eigenvalue weighted by Gasteiger charge is -2.25. The number of benzene rings is 1. The van der Waals surface area contributed by atoms with Gasteiger partial charge in [0.2, 0.25) is 5.91 Å². The number of nitrogens with zero attached hydrogens (tertiary/aromatic N) is 1. The van der Waals surface area contributed by atoms with Crippen molar-refractivity contribution in [3.05, 3.63) is 47.5 Å². The molecule has 5 heteroatoms. The van der Waals surface area contributed by atoms with E-state index in [9.17, 15) is 9.59 Å². The summed E-state index contributed by atoms with van der Waals surface area (Å²) in [6.45, 7) is 4.24.